The summed E-state index contributed by atoms with van der Waals surface area (Å²) >= 11 is 2.07. The zero-order chi connectivity index (χ0) is 27.1. The van der Waals surface area contributed by atoms with Crippen LogP contribution in [0.25, 0.3) is 6.08 Å². The molecule has 1 amide bonds. The highest BCUT2D eigenvalue weighted by atomic mass is 32.2. The van der Waals surface area contributed by atoms with E-state index in [2.05, 4.69) is 4.99 Å². The third-order valence-corrected chi connectivity index (χ3v) is 7.08. The van der Waals surface area contributed by atoms with E-state index in [9.17, 15) is 24.0 Å². The van der Waals surface area contributed by atoms with Gasteiger partial charge in [-0.05, 0) is 11.6 Å². The molecule has 0 aromatic heterocycles. The molecule has 0 N–H and O–H groups in total. The minimum absolute atomic E-state index is 0.299. The van der Waals surface area contributed by atoms with Gasteiger partial charge in [0, 0.05) is 27.7 Å². The summed E-state index contributed by atoms with van der Waals surface area (Å²) in [4.78, 5) is 64.1. The number of esters is 4. The number of rotatable bonds is 7. The highest BCUT2D eigenvalue weighted by Gasteiger charge is 2.53. The molecular weight excluding hydrogens is 526 g/mol. The molecule has 0 aliphatic carbocycles. The second-order valence-electron chi connectivity index (χ2n) is 7.89. The van der Waals surface area contributed by atoms with Crippen LogP contribution in [-0.4, -0.2) is 70.6 Å². The molecule has 0 radical (unpaired) electrons. The summed E-state index contributed by atoms with van der Waals surface area (Å²) in [5.74, 6) is -3.23. The second-order valence-corrected chi connectivity index (χ2v) is 10.3. The summed E-state index contributed by atoms with van der Waals surface area (Å²) < 4.78 is 27.6. The van der Waals surface area contributed by atoms with Crippen molar-refractivity contribution in [2.24, 2.45) is 4.99 Å². The highest BCUT2D eigenvalue weighted by molar-refractivity contribution is 8.41. The van der Waals surface area contributed by atoms with Gasteiger partial charge in [0.1, 0.15) is 17.1 Å². The van der Waals surface area contributed by atoms with E-state index in [4.69, 9.17) is 23.7 Å². The van der Waals surface area contributed by atoms with Crippen LogP contribution in [0.15, 0.2) is 40.2 Å². The van der Waals surface area contributed by atoms with Crippen LogP contribution in [0.3, 0.4) is 0 Å². The minimum atomic E-state index is -1.29. The lowest BCUT2D eigenvalue weighted by Gasteiger charge is -2.44. The van der Waals surface area contributed by atoms with Crippen molar-refractivity contribution in [3.8, 4) is 0 Å². The van der Waals surface area contributed by atoms with Crippen molar-refractivity contribution in [2.45, 2.75) is 57.5 Å². The smallest absolute Gasteiger partial charge is 0.303 e. The lowest BCUT2D eigenvalue weighted by atomic mass is 9.99. The SMILES string of the molecule is CC(=O)OCC1OC(SC2=NC(=O)/C(=C/c3ccccc3)S2)C(OC(C)=O)C(OC(C)=O)C1OC(C)=O. The summed E-state index contributed by atoms with van der Waals surface area (Å²) in [5, 5.41) is 0. The van der Waals surface area contributed by atoms with Gasteiger partial charge in [-0.15, -0.1) is 0 Å². The molecule has 2 heterocycles. The summed E-state index contributed by atoms with van der Waals surface area (Å²) in [5.41, 5.74) is -0.247. The van der Waals surface area contributed by atoms with Crippen LogP contribution in [0.2, 0.25) is 0 Å². The van der Waals surface area contributed by atoms with E-state index in [0.29, 0.717) is 9.28 Å². The maximum Gasteiger partial charge on any atom is 0.303 e. The molecular formula is C24H25NO10S2. The van der Waals surface area contributed by atoms with Crippen molar-refractivity contribution in [1.29, 1.82) is 0 Å². The molecule has 3 rings (SSSR count). The van der Waals surface area contributed by atoms with E-state index in [1.807, 2.05) is 30.3 Å². The number of amides is 1. The molecule has 2 aliphatic rings. The first-order valence-corrected chi connectivity index (χ1v) is 12.8. The van der Waals surface area contributed by atoms with E-state index in [1.165, 1.54) is 6.92 Å². The number of hydrogen-bond acceptors (Lipinski definition) is 12. The van der Waals surface area contributed by atoms with E-state index >= 15 is 0 Å². The number of nitrogens with zero attached hydrogens (tertiary/aromatic N) is 1. The second kappa shape index (κ2) is 12.9. The van der Waals surface area contributed by atoms with Crippen molar-refractivity contribution in [3.05, 3.63) is 40.8 Å². The number of thioether (sulfide) groups is 2. The van der Waals surface area contributed by atoms with Gasteiger partial charge in [0.2, 0.25) is 0 Å². The van der Waals surface area contributed by atoms with Crippen LogP contribution >= 0.6 is 23.5 Å². The Balaban J connectivity index is 1.90. The van der Waals surface area contributed by atoms with Gasteiger partial charge in [0.25, 0.3) is 5.91 Å². The lowest BCUT2D eigenvalue weighted by molar-refractivity contribution is -0.237. The fourth-order valence-electron chi connectivity index (χ4n) is 3.52. The van der Waals surface area contributed by atoms with E-state index in [0.717, 1.165) is 49.9 Å². The summed E-state index contributed by atoms with van der Waals surface area (Å²) in [6.45, 7) is 4.30. The normalized spacial score (nSPS) is 26.3. The predicted octanol–water partition coefficient (Wildman–Crippen LogP) is 2.47. The zero-order valence-electron chi connectivity index (χ0n) is 20.4. The Hall–Kier alpha value is -3.16. The Morgan fingerprint density at radius 1 is 0.919 bits per heavy atom. The topological polar surface area (TPSA) is 144 Å². The number of carbonyl (C=O) groups excluding carboxylic acids is 5. The molecule has 2 aliphatic heterocycles. The fourth-order valence-corrected chi connectivity index (χ4v) is 5.79. The first-order chi connectivity index (χ1) is 17.5. The van der Waals surface area contributed by atoms with Gasteiger partial charge in [0.15, 0.2) is 23.7 Å². The van der Waals surface area contributed by atoms with Gasteiger partial charge in [-0.1, -0.05) is 53.9 Å². The highest BCUT2D eigenvalue weighted by Crippen LogP contribution is 2.41. The van der Waals surface area contributed by atoms with Crippen molar-refractivity contribution in [2.75, 3.05) is 6.61 Å². The standard InChI is InChI=1S/C24H25NO10S2/c1-12(26)31-11-17-19(32-13(2)27)20(33-14(3)28)21(34-15(4)29)23(35-17)37-24-25-22(30)18(36-24)10-16-8-6-5-7-9-16/h5-10,17,19-21,23H,11H2,1-4H3/b18-10-. The van der Waals surface area contributed by atoms with Crippen LogP contribution in [-0.2, 0) is 47.7 Å². The average molecular weight is 552 g/mol. The number of carbonyl (C=O) groups is 5. The van der Waals surface area contributed by atoms with E-state index in [1.54, 1.807) is 6.08 Å². The quantitative estimate of drug-likeness (QED) is 0.279. The maximum atomic E-state index is 12.5. The van der Waals surface area contributed by atoms with Crippen molar-refractivity contribution < 1.29 is 47.7 Å². The maximum absolute atomic E-state index is 12.5. The molecule has 1 aromatic rings. The molecule has 37 heavy (non-hydrogen) atoms. The molecule has 1 aromatic carbocycles. The van der Waals surface area contributed by atoms with Gasteiger partial charge < -0.3 is 23.7 Å². The van der Waals surface area contributed by atoms with E-state index in [-0.39, 0.29) is 6.61 Å². The van der Waals surface area contributed by atoms with Crippen LogP contribution < -0.4 is 0 Å². The molecule has 1 saturated heterocycles. The van der Waals surface area contributed by atoms with Crippen LogP contribution in [0.4, 0.5) is 0 Å². The predicted molar refractivity (Wildman–Crippen MR) is 134 cm³/mol. The van der Waals surface area contributed by atoms with Crippen LogP contribution in [0.1, 0.15) is 33.3 Å². The Kier molecular flexibility index (Phi) is 9.89. The first-order valence-electron chi connectivity index (χ1n) is 11.1. The fraction of sp³-hybridized carbons (Fsp3) is 0.417. The average Bonchev–Trinajstić information content (AvgIpc) is 3.14. The molecule has 1 fully saturated rings. The molecule has 11 nitrogen and oxygen atoms in total. The Morgan fingerprint density at radius 2 is 1.51 bits per heavy atom. The number of aliphatic imine (C=N–C) groups is 1. The number of benzene rings is 1. The summed E-state index contributed by atoms with van der Waals surface area (Å²) in [7, 11) is 0. The zero-order valence-corrected chi connectivity index (χ0v) is 22.0. The molecule has 0 spiro atoms. The largest absolute Gasteiger partial charge is 0.463 e. The minimum Gasteiger partial charge on any atom is -0.463 e. The molecule has 5 atom stereocenters. The monoisotopic (exact) mass is 551 g/mol. The number of hydrogen-bond donors (Lipinski definition) is 0. The van der Waals surface area contributed by atoms with Crippen molar-refractivity contribution in [1.82, 2.24) is 0 Å². The van der Waals surface area contributed by atoms with Gasteiger partial charge in [-0.3, -0.25) is 24.0 Å². The Bertz CT molecular complexity index is 1120. The molecule has 13 heteroatoms. The van der Waals surface area contributed by atoms with E-state index < -0.39 is 59.6 Å². The van der Waals surface area contributed by atoms with Crippen LogP contribution in [0.5, 0.6) is 0 Å². The summed E-state index contributed by atoms with van der Waals surface area (Å²) in [6, 6.07) is 9.21. The first kappa shape index (κ1) is 28.4. The Morgan fingerprint density at radius 3 is 2.11 bits per heavy atom. The van der Waals surface area contributed by atoms with Gasteiger partial charge in [-0.2, -0.15) is 4.99 Å². The molecule has 0 bridgehead atoms. The third-order valence-electron chi connectivity index (χ3n) is 4.86. The Labute approximate surface area is 221 Å². The van der Waals surface area contributed by atoms with Gasteiger partial charge in [-0.25, -0.2) is 0 Å². The molecule has 5 unspecified atom stereocenters. The van der Waals surface area contributed by atoms with Crippen LogP contribution in [0, 0.1) is 0 Å². The molecule has 198 valence electrons. The van der Waals surface area contributed by atoms with Crippen molar-refractivity contribution in [3.63, 3.8) is 0 Å². The summed E-state index contributed by atoms with van der Waals surface area (Å²) in [6.07, 6.45) is -3.18. The van der Waals surface area contributed by atoms with Gasteiger partial charge >= 0.3 is 23.9 Å². The lowest BCUT2D eigenvalue weighted by Crippen LogP contribution is -2.61. The number of ether oxygens (including phenoxy) is 5. The third kappa shape index (κ3) is 8.17. The van der Waals surface area contributed by atoms with Gasteiger partial charge in [0.05, 0.1) is 4.91 Å². The molecule has 0 saturated carbocycles. The van der Waals surface area contributed by atoms with Crippen molar-refractivity contribution >= 4 is 63.8 Å².